The number of ether oxygens (including phenoxy) is 1. The summed E-state index contributed by atoms with van der Waals surface area (Å²) in [5.74, 6) is -0.939. The summed E-state index contributed by atoms with van der Waals surface area (Å²) in [5.41, 5.74) is -4.36. The van der Waals surface area contributed by atoms with Crippen LogP contribution in [0.2, 0.25) is 5.02 Å². The van der Waals surface area contributed by atoms with Crippen LogP contribution in [0.5, 0.6) is 5.75 Å². The molecule has 2 aromatic rings. The Labute approximate surface area is 182 Å². The fraction of sp³-hybridized carbons (Fsp3) is 0.263. The number of carbonyl (C=O) groups excluding carboxylic acids is 1. The molecular formula is C19H18ClF3N2O5S. The van der Waals surface area contributed by atoms with E-state index in [1.54, 1.807) is 31.2 Å². The molecule has 0 aliphatic rings. The first-order valence-corrected chi connectivity index (χ1v) is 10.5. The van der Waals surface area contributed by atoms with Crippen LogP contribution in [0.3, 0.4) is 0 Å². The number of hydrogen-bond donors (Lipinski definition) is 0. The molecule has 0 fully saturated rings. The molecule has 7 nitrogen and oxygen atoms in total. The molecule has 0 bridgehead atoms. The zero-order valence-corrected chi connectivity index (χ0v) is 18.0. The number of hydrazone groups is 1. The van der Waals surface area contributed by atoms with E-state index in [1.165, 1.54) is 19.1 Å². The van der Waals surface area contributed by atoms with Gasteiger partial charge in [0.1, 0.15) is 12.5 Å². The van der Waals surface area contributed by atoms with Crippen molar-refractivity contribution in [3.05, 3.63) is 64.7 Å². The minimum Gasteiger partial charge on any atom is -0.376 e. The summed E-state index contributed by atoms with van der Waals surface area (Å²) in [4.78, 5) is 11.9. The molecule has 2 rings (SSSR count). The topological polar surface area (TPSA) is 85.3 Å². The molecule has 0 unspecified atom stereocenters. The Bertz CT molecular complexity index is 1040. The number of benzene rings is 2. The standard InChI is InChI=1S/C19H18ClF3N2O5S/c1-3-29-12-25(13(2)26)24-18(14-4-8-16(20)9-5-14)15-6-10-17(11-7-15)30-31(27,28)19(21,22)23/h4-11H,3,12H2,1-2H3. The molecule has 1 amide bonds. The number of halogens is 4. The van der Waals surface area contributed by atoms with E-state index >= 15 is 0 Å². The summed E-state index contributed by atoms with van der Waals surface area (Å²) in [6, 6.07) is 11.2. The van der Waals surface area contributed by atoms with Gasteiger partial charge in [0.2, 0.25) is 5.91 Å². The molecule has 0 N–H and O–H groups in total. The third kappa shape index (κ3) is 6.68. The number of amides is 1. The van der Waals surface area contributed by atoms with Gasteiger partial charge in [-0.25, -0.2) is 5.01 Å². The minimum absolute atomic E-state index is 0.117. The van der Waals surface area contributed by atoms with Gasteiger partial charge in [0.15, 0.2) is 0 Å². The molecule has 0 heterocycles. The third-order valence-electron chi connectivity index (χ3n) is 3.74. The van der Waals surface area contributed by atoms with Crippen molar-refractivity contribution in [2.24, 2.45) is 5.10 Å². The molecule has 0 aliphatic carbocycles. The van der Waals surface area contributed by atoms with Gasteiger partial charge in [0.25, 0.3) is 0 Å². The minimum atomic E-state index is -5.80. The summed E-state index contributed by atoms with van der Waals surface area (Å²) in [6.07, 6.45) is 0. The molecular weight excluding hydrogens is 461 g/mol. The number of carbonyl (C=O) groups is 1. The van der Waals surface area contributed by atoms with Crippen LogP contribution in [0, 0.1) is 0 Å². The summed E-state index contributed by atoms with van der Waals surface area (Å²) in [6.45, 7) is 3.26. The fourth-order valence-corrected chi connectivity index (χ4v) is 2.81. The Hall–Kier alpha value is -2.63. The quantitative estimate of drug-likeness (QED) is 0.187. The zero-order chi connectivity index (χ0) is 23.2. The van der Waals surface area contributed by atoms with Gasteiger partial charge in [-0.1, -0.05) is 23.7 Å². The highest BCUT2D eigenvalue weighted by Crippen LogP contribution is 2.27. The van der Waals surface area contributed by atoms with Gasteiger partial charge in [0, 0.05) is 29.7 Å². The predicted molar refractivity (Wildman–Crippen MR) is 108 cm³/mol. The molecule has 12 heteroatoms. The van der Waals surface area contributed by atoms with E-state index in [9.17, 15) is 26.4 Å². The van der Waals surface area contributed by atoms with E-state index < -0.39 is 27.3 Å². The lowest BCUT2D eigenvalue weighted by Gasteiger charge is -2.18. The fourth-order valence-electron chi connectivity index (χ4n) is 2.22. The van der Waals surface area contributed by atoms with E-state index in [0.717, 1.165) is 17.1 Å². The van der Waals surface area contributed by atoms with Gasteiger partial charge in [-0.15, -0.1) is 0 Å². The summed E-state index contributed by atoms with van der Waals surface area (Å²) in [7, 11) is -5.80. The smallest absolute Gasteiger partial charge is 0.376 e. The van der Waals surface area contributed by atoms with Crippen molar-refractivity contribution < 1.29 is 35.3 Å². The maximum absolute atomic E-state index is 12.5. The SMILES string of the molecule is CCOCN(N=C(c1ccc(Cl)cc1)c1ccc(OS(=O)(=O)C(F)(F)F)cc1)C(C)=O. The van der Waals surface area contributed by atoms with Crippen LogP contribution >= 0.6 is 11.6 Å². The number of hydrogen-bond acceptors (Lipinski definition) is 6. The Morgan fingerprint density at radius 2 is 1.58 bits per heavy atom. The van der Waals surface area contributed by atoms with Crippen molar-refractivity contribution in [2.45, 2.75) is 19.4 Å². The van der Waals surface area contributed by atoms with E-state index in [-0.39, 0.29) is 12.4 Å². The summed E-state index contributed by atoms with van der Waals surface area (Å²) < 4.78 is 69.2. The number of nitrogens with zero attached hydrogens (tertiary/aromatic N) is 2. The summed E-state index contributed by atoms with van der Waals surface area (Å²) in [5, 5.41) is 5.86. The molecule has 0 saturated carbocycles. The van der Waals surface area contributed by atoms with Crippen LogP contribution in [-0.4, -0.2) is 43.9 Å². The van der Waals surface area contributed by atoms with Crippen LogP contribution in [0.25, 0.3) is 0 Å². The van der Waals surface area contributed by atoms with Crippen molar-refractivity contribution in [1.29, 1.82) is 0 Å². The maximum Gasteiger partial charge on any atom is 0.534 e. The lowest BCUT2D eigenvalue weighted by atomic mass is 10.0. The lowest BCUT2D eigenvalue weighted by Crippen LogP contribution is -2.28. The van der Waals surface area contributed by atoms with Crippen LogP contribution in [-0.2, 0) is 19.6 Å². The average Bonchev–Trinajstić information content (AvgIpc) is 2.68. The van der Waals surface area contributed by atoms with E-state index in [4.69, 9.17) is 16.3 Å². The Kier molecular flexibility index (Phi) is 8.04. The van der Waals surface area contributed by atoms with Gasteiger partial charge in [-0.05, 0) is 43.3 Å². The summed E-state index contributed by atoms with van der Waals surface area (Å²) >= 11 is 5.92. The lowest BCUT2D eigenvalue weighted by molar-refractivity contribution is -0.134. The zero-order valence-electron chi connectivity index (χ0n) is 16.4. The second-order valence-electron chi connectivity index (χ2n) is 6.00. The van der Waals surface area contributed by atoms with Crippen molar-refractivity contribution in [3.63, 3.8) is 0 Å². The van der Waals surface area contributed by atoms with E-state index in [2.05, 4.69) is 9.28 Å². The monoisotopic (exact) mass is 478 g/mol. The molecule has 0 aromatic heterocycles. The van der Waals surface area contributed by atoms with Crippen molar-refractivity contribution in [3.8, 4) is 5.75 Å². The van der Waals surface area contributed by atoms with Crippen molar-refractivity contribution >= 4 is 33.3 Å². The predicted octanol–water partition coefficient (Wildman–Crippen LogP) is 4.16. The van der Waals surface area contributed by atoms with Crippen molar-refractivity contribution in [2.75, 3.05) is 13.3 Å². The first-order valence-electron chi connectivity index (χ1n) is 8.76. The van der Waals surface area contributed by atoms with Gasteiger partial charge < -0.3 is 8.92 Å². The Morgan fingerprint density at radius 3 is 2.03 bits per heavy atom. The number of rotatable bonds is 8. The number of alkyl halides is 3. The van der Waals surface area contributed by atoms with Crippen LogP contribution in [0.1, 0.15) is 25.0 Å². The average molecular weight is 479 g/mol. The second kappa shape index (κ2) is 10.1. The Morgan fingerprint density at radius 1 is 1.06 bits per heavy atom. The van der Waals surface area contributed by atoms with Gasteiger partial charge >= 0.3 is 15.6 Å². The van der Waals surface area contributed by atoms with Crippen LogP contribution < -0.4 is 4.18 Å². The second-order valence-corrected chi connectivity index (χ2v) is 7.98. The largest absolute Gasteiger partial charge is 0.534 e. The maximum atomic E-state index is 12.5. The van der Waals surface area contributed by atoms with Crippen LogP contribution in [0.4, 0.5) is 13.2 Å². The van der Waals surface area contributed by atoms with Crippen molar-refractivity contribution in [1.82, 2.24) is 5.01 Å². The van der Waals surface area contributed by atoms with Gasteiger partial charge in [0.05, 0.1) is 5.71 Å². The molecule has 2 aromatic carbocycles. The van der Waals surface area contributed by atoms with E-state index in [0.29, 0.717) is 22.8 Å². The van der Waals surface area contributed by atoms with Gasteiger partial charge in [-0.3, -0.25) is 4.79 Å². The Balaban J connectivity index is 2.46. The molecule has 31 heavy (non-hydrogen) atoms. The highest BCUT2D eigenvalue weighted by Gasteiger charge is 2.48. The van der Waals surface area contributed by atoms with E-state index in [1.807, 2.05) is 0 Å². The molecule has 0 atom stereocenters. The first kappa shape index (κ1) is 24.6. The molecule has 168 valence electrons. The van der Waals surface area contributed by atoms with Crippen LogP contribution in [0.15, 0.2) is 53.6 Å². The third-order valence-corrected chi connectivity index (χ3v) is 4.97. The van der Waals surface area contributed by atoms with Gasteiger partial charge in [-0.2, -0.15) is 26.7 Å². The first-order chi connectivity index (χ1) is 14.4. The molecule has 0 radical (unpaired) electrons. The highest BCUT2D eigenvalue weighted by atomic mass is 35.5. The molecule has 0 spiro atoms. The molecule has 0 saturated heterocycles. The highest BCUT2D eigenvalue weighted by molar-refractivity contribution is 7.88. The molecule has 0 aliphatic heterocycles. The normalized spacial score (nSPS) is 12.5.